The summed E-state index contributed by atoms with van der Waals surface area (Å²) in [5.74, 6) is 1.28. The van der Waals surface area contributed by atoms with Crippen LogP contribution in [0.15, 0.2) is 53.1 Å². The number of alkyl halides is 3. The average molecular weight is 550 g/mol. The lowest BCUT2D eigenvalue weighted by Crippen LogP contribution is -2.36. The van der Waals surface area contributed by atoms with Crippen LogP contribution in [0.1, 0.15) is 29.0 Å². The number of thiazole rings is 1. The maximum absolute atomic E-state index is 12.7. The van der Waals surface area contributed by atoms with Gasteiger partial charge < -0.3 is 15.2 Å². The van der Waals surface area contributed by atoms with Crippen LogP contribution >= 0.6 is 35.3 Å². The summed E-state index contributed by atoms with van der Waals surface area (Å²) in [4.78, 5) is 12.5. The van der Waals surface area contributed by atoms with E-state index in [9.17, 15) is 13.2 Å². The second kappa shape index (κ2) is 11.3. The zero-order valence-corrected chi connectivity index (χ0v) is 19.3. The van der Waals surface area contributed by atoms with Gasteiger partial charge in [0.1, 0.15) is 17.4 Å². The summed E-state index contributed by atoms with van der Waals surface area (Å²) in [7, 11) is 0. The molecule has 1 aromatic carbocycles. The predicted octanol–water partition coefficient (Wildman–Crippen LogP) is 4.28. The molecule has 3 rings (SSSR count). The van der Waals surface area contributed by atoms with E-state index in [2.05, 4.69) is 25.6 Å². The fraction of sp³-hybridized carbons (Fsp3) is 0.316. The molecular formula is C19H22F3IN6S. The molecule has 0 radical (unpaired) electrons. The normalized spacial score (nSPS) is 11.8. The molecule has 0 aliphatic carbocycles. The van der Waals surface area contributed by atoms with Crippen LogP contribution in [0.25, 0.3) is 0 Å². The molecule has 30 heavy (non-hydrogen) atoms. The molecule has 0 aliphatic heterocycles. The van der Waals surface area contributed by atoms with Crippen LogP contribution in [0, 0.1) is 0 Å². The maximum Gasteiger partial charge on any atom is 0.434 e. The van der Waals surface area contributed by atoms with Gasteiger partial charge in [0.05, 0.1) is 6.54 Å². The van der Waals surface area contributed by atoms with Gasteiger partial charge in [-0.2, -0.15) is 13.2 Å². The second-order valence-corrected chi connectivity index (χ2v) is 7.07. The number of aliphatic imine (C=N–C) groups is 1. The van der Waals surface area contributed by atoms with E-state index >= 15 is 0 Å². The van der Waals surface area contributed by atoms with Gasteiger partial charge in [-0.15, -0.1) is 35.3 Å². The fourth-order valence-corrected chi connectivity index (χ4v) is 3.33. The van der Waals surface area contributed by atoms with Crippen molar-refractivity contribution >= 4 is 41.3 Å². The summed E-state index contributed by atoms with van der Waals surface area (Å²) in [6, 6.07) is 10.0. The lowest BCUT2D eigenvalue weighted by Gasteiger charge is -2.11. The fourth-order valence-electron chi connectivity index (χ4n) is 2.59. The average Bonchev–Trinajstić information content (AvgIpc) is 3.34. The van der Waals surface area contributed by atoms with Crippen LogP contribution < -0.4 is 10.6 Å². The smallest absolute Gasteiger partial charge is 0.357 e. The summed E-state index contributed by atoms with van der Waals surface area (Å²) >= 11 is 0.963. The van der Waals surface area contributed by atoms with Crippen LogP contribution in [-0.2, 0) is 25.8 Å². The molecule has 3 aromatic rings. The van der Waals surface area contributed by atoms with Gasteiger partial charge in [-0.1, -0.05) is 30.3 Å². The van der Waals surface area contributed by atoms with Gasteiger partial charge in [0.25, 0.3) is 0 Å². The van der Waals surface area contributed by atoms with E-state index in [4.69, 9.17) is 0 Å². The number of nitrogens with zero attached hydrogens (tertiary/aromatic N) is 4. The van der Waals surface area contributed by atoms with Gasteiger partial charge in [-0.3, -0.25) is 0 Å². The first-order valence-corrected chi connectivity index (χ1v) is 9.91. The Bertz CT molecular complexity index is 939. The van der Waals surface area contributed by atoms with E-state index in [0.717, 1.165) is 28.1 Å². The molecule has 0 aliphatic rings. The molecule has 0 spiro atoms. The number of guanidine groups is 1. The topological polar surface area (TPSA) is 67.1 Å². The van der Waals surface area contributed by atoms with E-state index in [0.29, 0.717) is 30.6 Å². The van der Waals surface area contributed by atoms with Crippen molar-refractivity contribution < 1.29 is 13.2 Å². The molecule has 2 heterocycles. The third-order valence-corrected chi connectivity index (χ3v) is 4.82. The monoisotopic (exact) mass is 550 g/mol. The highest BCUT2D eigenvalue weighted by molar-refractivity contribution is 14.0. The van der Waals surface area contributed by atoms with Crippen molar-refractivity contribution in [3.05, 3.63) is 70.2 Å². The molecule has 2 N–H and O–H groups in total. The molecule has 0 fully saturated rings. The van der Waals surface area contributed by atoms with Crippen LogP contribution in [0.5, 0.6) is 0 Å². The number of halogens is 4. The first kappa shape index (κ1) is 24.1. The van der Waals surface area contributed by atoms with Crippen LogP contribution in [0.4, 0.5) is 13.2 Å². The summed E-state index contributed by atoms with van der Waals surface area (Å²) in [5.41, 5.74) is 0.286. The Balaban J connectivity index is 0.00000320. The standard InChI is InChI=1S/C19H21F3N6S.HI/c1-2-23-18(26-11-17-27-15(13-29-17)19(20,21)22)25-10-16-24-8-9-28(16)12-14-6-4-3-5-7-14;/h3-9,13H,2,10-12H2,1H3,(H2,23,25,26);1H. The van der Waals surface area contributed by atoms with Crippen LogP contribution in [-0.4, -0.2) is 27.0 Å². The molecule has 0 atom stereocenters. The summed E-state index contributed by atoms with van der Waals surface area (Å²) < 4.78 is 40.0. The molecule has 0 saturated carbocycles. The molecule has 162 valence electrons. The number of rotatable bonds is 7. The largest absolute Gasteiger partial charge is 0.434 e. The highest BCUT2D eigenvalue weighted by atomic mass is 127. The summed E-state index contributed by atoms with van der Waals surface area (Å²) in [6.07, 6.45) is -0.808. The van der Waals surface area contributed by atoms with Crippen LogP contribution in [0.2, 0.25) is 0 Å². The summed E-state index contributed by atoms with van der Waals surface area (Å²) in [5, 5.41) is 7.45. The van der Waals surface area contributed by atoms with E-state index in [1.54, 1.807) is 6.20 Å². The first-order chi connectivity index (χ1) is 14.0. The maximum atomic E-state index is 12.7. The van der Waals surface area contributed by atoms with Gasteiger partial charge in [-0.25, -0.2) is 15.0 Å². The Morgan fingerprint density at radius 2 is 1.97 bits per heavy atom. The van der Waals surface area contributed by atoms with Gasteiger partial charge in [-0.05, 0) is 12.5 Å². The molecule has 11 heteroatoms. The van der Waals surface area contributed by atoms with E-state index < -0.39 is 11.9 Å². The number of nitrogens with one attached hydrogen (secondary N) is 2. The minimum atomic E-state index is -4.43. The Morgan fingerprint density at radius 1 is 1.20 bits per heavy atom. The third-order valence-electron chi connectivity index (χ3n) is 3.97. The first-order valence-electron chi connectivity index (χ1n) is 9.03. The van der Waals surface area contributed by atoms with Gasteiger partial charge in [0.15, 0.2) is 11.7 Å². The van der Waals surface area contributed by atoms with Crippen molar-refractivity contribution in [3.63, 3.8) is 0 Å². The van der Waals surface area contributed by atoms with Crippen molar-refractivity contribution in [1.82, 2.24) is 25.2 Å². The highest BCUT2D eigenvalue weighted by Gasteiger charge is 2.33. The van der Waals surface area contributed by atoms with Crippen molar-refractivity contribution in [3.8, 4) is 0 Å². The third kappa shape index (κ3) is 6.97. The van der Waals surface area contributed by atoms with E-state index in [1.165, 1.54) is 0 Å². The molecule has 0 saturated heterocycles. The SMILES string of the molecule is CCNC(=NCc1nccn1Cc1ccccc1)NCc1nc(C(F)(F)F)cs1.I. The number of imidazole rings is 1. The quantitative estimate of drug-likeness (QED) is 0.262. The van der Waals surface area contributed by atoms with Crippen molar-refractivity contribution in [1.29, 1.82) is 0 Å². The molecule has 0 bridgehead atoms. The lowest BCUT2D eigenvalue weighted by molar-refractivity contribution is -0.140. The van der Waals surface area contributed by atoms with Crippen molar-refractivity contribution in [2.24, 2.45) is 4.99 Å². The Labute approximate surface area is 193 Å². The molecule has 6 nitrogen and oxygen atoms in total. The Hall–Kier alpha value is -2.15. The van der Waals surface area contributed by atoms with Crippen molar-refractivity contribution in [2.75, 3.05) is 6.54 Å². The predicted molar refractivity (Wildman–Crippen MR) is 122 cm³/mol. The highest BCUT2D eigenvalue weighted by Crippen LogP contribution is 2.29. The number of hydrogen-bond donors (Lipinski definition) is 2. The minimum absolute atomic E-state index is 0. The Kier molecular flexibility index (Phi) is 9.08. The van der Waals surface area contributed by atoms with Crippen molar-refractivity contribution in [2.45, 2.75) is 32.7 Å². The zero-order valence-electron chi connectivity index (χ0n) is 16.2. The van der Waals surface area contributed by atoms with Crippen LogP contribution in [0.3, 0.4) is 0 Å². The molecule has 0 amide bonds. The zero-order chi connectivity index (χ0) is 20.7. The summed E-state index contributed by atoms with van der Waals surface area (Å²) in [6.45, 7) is 3.72. The Morgan fingerprint density at radius 3 is 2.63 bits per heavy atom. The van der Waals surface area contributed by atoms with Gasteiger partial charge in [0, 0.05) is 30.9 Å². The van der Waals surface area contributed by atoms with E-state index in [-0.39, 0.29) is 30.5 Å². The number of benzene rings is 1. The lowest BCUT2D eigenvalue weighted by atomic mass is 10.2. The minimum Gasteiger partial charge on any atom is -0.357 e. The molecule has 0 unspecified atom stereocenters. The number of aromatic nitrogens is 3. The van der Waals surface area contributed by atoms with Gasteiger partial charge >= 0.3 is 6.18 Å². The molecular weight excluding hydrogens is 528 g/mol. The number of hydrogen-bond acceptors (Lipinski definition) is 4. The molecule has 2 aromatic heterocycles. The van der Waals surface area contributed by atoms with Gasteiger partial charge in [0.2, 0.25) is 0 Å². The second-order valence-electron chi connectivity index (χ2n) is 6.13. The van der Waals surface area contributed by atoms with E-state index in [1.807, 2.05) is 48.0 Å².